The topological polar surface area (TPSA) is 50.8 Å². The third kappa shape index (κ3) is 1.90. The molecular weight excluding hydrogens is 250 g/mol. The minimum absolute atomic E-state index is 0.381. The first-order chi connectivity index (χ1) is 9.62. The van der Waals surface area contributed by atoms with Gasteiger partial charge < -0.3 is 9.30 Å². The van der Waals surface area contributed by atoms with Gasteiger partial charge in [-0.25, -0.2) is 4.98 Å². The van der Waals surface area contributed by atoms with E-state index in [1.165, 1.54) is 12.8 Å². The summed E-state index contributed by atoms with van der Waals surface area (Å²) in [6.07, 6.45) is 3.26. The molecule has 1 saturated carbocycles. The molecule has 0 radical (unpaired) electrons. The van der Waals surface area contributed by atoms with E-state index >= 15 is 0 Å². The Kier molecular flexibility index (Phi) is 3.02. The summed E-state index contributed by atoms with van der Waals surface area (Å²) in [5, 5.41) is 9.04. The number of hydrogen-bond donors (Lipinski definition) is 0. The van der Waals surface area contributed by atoms with E-state index in [9.17, 15) is 0 Å². The Bertz CT molecular complexity index is 688. The van der Waals surface area contributed by atoms with Crippen LogP contribution in [-0.2, 0) is 10.3 Å². The number of nitrogens with zero attached hydrogens (tertiary/aromatic N) is 3. The lowest BCUT2D eigenvalue weighted by molar-refractivity contribution is -0.0114. The van der Waals surface area contributed by atoms with E-state index in [1.54, 1.807) is 7.11 Å². The molecule has 0 amide bonds. The van der Waals surface area contributed by atoms with Gasteiger partial charge in [0.1, 0.15) is 11.4 Å². The maximum atomic E-state index is 9.04. The first-order valence-electron chi connectivity index (χ1n) is 7.10. The predicted octanol–water partition coefficient (Wildman–Crippen LogP) is 3.51. The van der Waals surface area contributed by atoms with Crippen LogP contribution in [-0.4, -0.2) is 16.7 Å². The largest absolute Gasteiger partial charge is 0.371 e. The Hall–Kier alpha value is -1.86. The quantitative estimate of drug-likeness (QED) is 0.853. The van der Waals surface area contributed by atoms with Crippen LogP contribution in [0, 0.1) is 11.3 Å². The van der Waals surface area contributed by atoms with Gasteiger partial charge in [-0.15, -0.1) is 0 Å². The van der Waals surface area contributed by atoms with Gasteiger partial charge in [0.2, 0.25) is 0 Å². The van der Waals surface area contributed by atoms with E-state index in [4.69, 9.17) is 15.0 Å². The molecule has 4 nitrogen and oxygen atoms in total. The van der Waals surface area contributed by atoms with Crippen molar-refractivity contribution in [1.82, 2.24) is 9.55 Å². The second-order valence-electron chi connectivity index (χ2n) is 5.64. The number of nitriles is 1. The molecule has 0 N–H and O–H groups in total. The number of fused-ring (bicyclic) bond motifs is 1. The molecule has 0 saturated heterocycles. The van der Waals surface area contributed by atoms with E-state index in [1.807, 2.05) is 18.2 Å². The molecule has 1 aliphatic rings. The normalized spacial score (nSPS) is 17.9. The van der Waals surface area contributed by atoms with Crippen molar-refractivity contribution in [3.63, 3.8) is 0 Å². The van der Waals surface area contributed by atoms with Gasteiger partial charge in [-0.05, 0) is 44.4 Å². The molecule has 1 aromatic carbocycles. The van der Waals surface area contributed by atoms with Crippen molar-refractivity contribution < 1.29 is 4.74 Å². The standard InChI is InChI=1S/C16H19N3O/c1-4-16(2,20-3)15-18-13-9-11(10-17)5-8-14(13)19(15)12-6-7-12/h5,8-9,12H,4,6-7H2,1-3H3. The molecular formula is C16H19N3O. The highest BCUT2D eigenvalue weighted by Crippen LogP contribution is 2.42. The van der Waals surface area contributed by atoms with Crippen molar-refractivity contribution >= 4 is 11.0 Å². The first-order valence-corrected chi connectivity index (χ1v) is 7.10. The van der Waals surface area contributed by atoms with Crippen molar-refractivity contribution in [3.8, 4) is 6.07 Å². The van der Waals surface area contributed by atoms with E-state index in [-0.39, 0.29) is 5.60 Å². The van der Waals surface area contributed by atoms with Crippen LogP contribution < -0.4 is 0 Å². The average Bonchev–Trinajstić information content (AvgIpc) is 3.25. The highest BCUT2D eigenvalue weighted by Gasteiger charge is 2.36. The molecule has 3 rings (SSSR count). The summed E-state index contributed by atoms with van der Waals surface area (Å²) in [5.74, 6) is 0.982. The maximum absolute atomic E-state index is 9.04. The van der Waals surface area contributed by atoms with Crippen molar-refractivity contribution in [2.45, 2.75) is 44.8 Å². The van der Waals surface area contributed by atoms with Gasteiger partial charge in [-0.3, -0.25) is 0 Å². The predicted molar refractivity (Wildman–Crippen MR) is 77.4 cm³/mol. The molecule has 1 aliphatic carbocycles. The monoisotopic (exact) mass is 269 g/mol. The SMILES string of the molecule is CCC(C)(OC)c1nc2cc(C#N)ccc2n1C1CC1. The molecule has 1 fully saturated rings. The van der Waals surface area contributed by atoms with Gasteiger partial charge in [-0.2, -0.15) is 5.26 Å². The summed E-state index contributed by atoms with van der Waals surface area (Å²) in [5.41, 5.74) is 2.27. The van der Waals surface area contributed by atoms with Crippen LogP contribution in [0.1, 0.15) is 50.5 Å². The van der Waals surface area contributed by atoms with E-state index in [2.05, 4.69) is 24.5 Å². The zero-order valence-electron chi connectivity index (χ0n) is 12.2. The van der Waals surface area contributed by atoms with Crippen molar-refractivity contribution in [3.05, 3.63) is 29.6 Å². The third-order valence-electron chi connectivity index (χ3n) is 4.33. The van der Waals surface area contributed by atoms with Gasteiger partial charge in [-0.1, -0.05) is 6.92 Å². The highest BCUT2D eigenvalue weighted by molar-refractivity contribution is 5.78. The minimum atomic E-state index is -0.381. The fourth-order valence-corrected chi connectivity index (χ4v) is 2.64. The van der Waals surface area contributed by atoms with Gasteiger partial charge in [0.05, 0.1) is 22.7 Å². The minimum Gasteiger partial charge on any atom is -0.371 e. The zero-order chi connectivity index (χ0) is 14.3. The summed E-state index contributed by atoms with van der Waals surface area (Å²) >= 11 is 0. The number of aromatic nitrogens is 2. The Morgan fingerprint density at radius 3 is 2.80 bits per heavy atom. The fourth-order valence-electron chi connectivity index (χ4n) is 2.64. The maximum Gasteiger partial charge on any atom is 0.142 e. The molecule has 0 aliphatic heterocycles. The average molecular weight is 269 g/mol. The molecule has 1 heterocycles. The Morgan fingerprint density at radius 1 is 1.50 bits per heavy atom. The summed E-state index contributed by atoms with van der Waals surface area (Å²) in [4.78, 5) is 4.78. The van der Waals surface area contributed by atoms with Crippen LogP contribution in [0.3, 0.4) is 0 Å². The number of hydrogen-bond acceptors (Lipinski definition) is 3. The lowest BCUT2D eigenvalue weighted by Crippen LogP contribution is -2.27. The second-order valence-corrected chi connectivity index (χ2v) is 5.64. The lowest BCUT2D eigenvalue weighted by atomic mass is 10.0. The van der Waals surface area contributed by atoms with Crippen LogP contribution in [0.15, 0.2) is 18.2 Å². The lowest BCUT2D eigenvalue weighted by Gasteiger charge is -2.27. The Labute approximate surface area is 119 Å². The summed E-state index contributed by atoms with van der Waals surface area (Å²) in [7, 11) is 1.74. The number of imidazole rings is 1. The van der Waals surface area contributed by atoms with Crippen LogP contribution in [0.2, 0.25) is 0 Å². The van der Waals surface area contributed by atoms with E-state index in [0.717, 1.165) is 23.3 Å². The zero-order valence-corrected chi connectivity index (χ0v) is 12.2. The van der Waals surface area contributed by atoms with Crippen molar-refractivity contribution in [2.24, 2.45) is 0 Å². The Balaban J connectivity index is 2.26. The van der Waals surface area contributed by atoms with E-state index < -0.39 is 0 Å². The molecule has 20 heavy (non-hydrogen) atoms. The summed E-state index contributed by atoms with van der Waals surface area (Å²) < 4.78 is 8.04. The smallest absolute Gasteiger partial charge is 0.142 e. The number of ether oxygens (including phenoxy) is 1. The van der Waals surface area contributed by atoms with Crippen LogP contribution in [0.4, 0.5) is 0 Å². The first kappa shape index (κ1) is 13.1. The number of rotatable bonds is 4. The second kappa shape index (κ2) is 4.60. The summed E-state index contributed by atoms with van der Waals surface area (Å²) in [6, 6.07) is 8.45. The number of methoxy groups -OCH3 is 1. The van der Waals surface area contributed by atoms with Crippen LogP contribution in [0.5, 0.6) is 0 Å². The van der Waals surface area contributed by atoms with Crippen molar-refractivity contribution in [2.75, 3.05) is 7.11 Å². The van der Waals surface area contributed by atoms with Gasteiger partial charge in [0, 0.05) is 13.2 Å². The molecule has 0 bridgehead atoms. The molecule has 1 unspecified atom stereocenters. The van der Waals surface area contributed by atoms with E-state index in [0.29, 0.717) is 11.6 Å². The van der Waals surface area contributed by atoms with Gasteiger partial charge in [0.25, 0.3) is 0 Å². The molecule has 4 heteroatoms. The van der Waals surface area contributed by atoms with Gasteiger partial charge in [0.15, 0.2) is 0 Å². The fraction of sp³-hybridized carbons (Fsp3) is 0.500. The van der Waals surface area contributed by atoms with Crippen molar-refractivity contribution in [1.29, 1.82) is 5.26 Å². The Morgan fingerprint density at radius 2 is 2.25 bits per heavy atom. The van der Waals surface area contributed by atoms with Gasteiger partial charge >= 0.3 is 0 Å². The molecule has 2 aromatic rings. The summed E-state index contributed by atoms with van der Waals surface area (Å²) in [6.45, 7) is 4.19. The molecule has 104 valence electrons. The molecule has 1 atom stereocenters. The highest BCUT2D eigenvalue weighted by atomic mass is 16.5. The molecule has 0 spiro atoms. The van der Waals surface area contributed by atoms with Crippen LogP contribution >= 0.6 is 0 Å². The third-order valence-corrected chi connectivity index (χ3v) is 4.33. The number of benzene rings is 1. The molecule has 1 aromatic heterocycles. The van der Waals surface area contributed by atoms with Crippen LogP contribution in [0.25, 0.3) is 11.0 Å².